The number of likely N-dealkylation sites (N-methyl/N-ethyl adjacent to an activating group) is 2. The number of halogens is 2. The monoisotopic (exact) mass is 416 g/mol. The van der Waals surface area contributed by atoms with Crippen LogP contribution in [-0.2, 0) is 19.9 Å². The van der Waals surface area contributed by atoms with Gasteiger partial charge >= 0.3 is 6.09 Å². The molecule has 1 rings (SSSR count). The summed E-state index contributed by atoms with van der Waals surface area (Å²) in [5, 5.41) is 0.632. The van der Waals surface area contributed by atoms with Crippen LogP contribution in [0.3, 0.4) is 0 Å². The van der Waals surface area contributed by atoms with E-state index in [9.17, 15) is 14.4 Å². The van der Waals surface area contributed by atoms with Gasteiger partial charge in [0.25, 0.3) is 0 Å². The first-order valence-electron chi connectivity index (χ1n) is 8.42. The first-order chi connectivity index (χ1) is 12.3. The highest BCUT2D eigenvalue weighted by Crippen LogP contribution is 2.36. The van der Waals surface area contributed by atoms with E-state index in [0.29, 0.717) is 16.9 Å². The molecular weight excluding hydrogens is 391 g/mol. The van der Waals surface area contributed by atoms with E-state index in [1.54, 1.807) is 46.0 Å². The van der Waals surface area contributed by atoms with Gasteiger partial charge in [-0.25, -0.2) is 4.79 Å². The molecule has 0 heterocycles. The van der Waals surface area contributed by atoms with Crippen LogP contribution >= 0.6 is 23.2 Å². The van der Waals surface area contributed by atoms with Crippen LogP contribution in [0.1, 0.15) is 39.7 Å². The zero-order valence-electron chi connectivity index (χ0n) is 16.5. The second-order valence-corrected chi connectivity index (χ2v) is 8.26. The van der Waals surface area contributed by atoms with Gasteiger partial charge in [-0.15, -0.1) is 0 Å². The van der Waals surface area contributed by atoms with Crippen molar-refractivity contribution in [1.82, 2.24) is 9.80 Å². The summed E-state index contributed by atoms with van der Waals surface area (Å²) in [6.45, 7) is 6.74. The largest absolute Gasteiger partial charge is 0.444 e. The quantitative estimate of drug-likeness (QED) is 0.653. The fourth-order valence-electron chi connectivity index (χ4n) is 2.64. The Labute approximate surface area is 170 Å². The van der Waals surface area contributed by atoms with Crippen LogP contribution in [0.15, 0.2) is 18.2 Å². The molecule has 0 radical (unpaired) electrons. The summed E-state index contributed by atoms with van der Waals surface area (Å²) < 4.78 is 5.48. The summed E-state index contributed by atoms with van der Waals surface area (Å²) in [5.41, 5.74) is -1.31. The molecule has 1 aromatic rings. The van der Waals surface area contributed by atoms with Crippen LogP contribution in [0.2, 0.25) is 10.0 Å². The van der Waals surface area contributed by atoms with Crippen LogP contribution < -0.4 is 0 Å². The van der Waals surface area contributed by atoms with Gasteiger partial charge in [0, 0.05) is 34.0 Å². The minimum atomic E-state index is -1.17. The SMILES string of the molecule is CC(=O)N(C)C[C@](CC=O)(c1ccc(Cl)c(Cl)c1)N(C)C(=O)OC(C)(C)C. The van der Waals surface area contributed by atoms with Gasteiger partial charge in [0.2, 0.25) is 5.91 Å². The Bertz CT molecular complexity index is 718. The predicted molar refractivity (Wildman–Crippen MR) is 106 cm³/mol. The van der Waals surface area contributed by atoms with Gasteiger partial charge in [0.05, 0.1) is 15.6 Å². The Balaban J connectivity index is 3.54. The smallest absolute Gasteiger partial charge is 0.410 e. The van der Waals surface area contributed by atoms with Crippen LogP contribution in [0, 0.1) is 0 Å². The molecule has 0 saturated carbocycles. The highest BCUT2D eigenvalue weighted by atomic mass is 35.5. The fourth-order valence-corrected chi connectivity index (χ4v) is 2.94. The van der Waals surface area contributed by atoms with E-state index in [0.717, 1.165) is 0 Å². The van der Waals surface area contributed by atoms with Gasteiger partial charge in [-0.05, 0) is 38.5 Å². The summed E-state index contributed by atoms with van der Waals surface area (Å²) in [5.74, 6) is -0.206. The van der Waals surface area contributed by atoms with Crippen molar-refractivity contribution >= 4 is 41.5 Å². The molecule has 0 unspecified atom stereocenters. The van der Waals surface area contributed by atoms with Gasteiger partial charge in [0.1, 0.15) is 11.9 Å². The third-order valence-electron chi connectivity index (χ3n) is 4.22. The molecule has 1 atom stereocenters. The van der Waals surface area contributed by atoms with Gasteiger partial charge in [0.15, 0.2) is 0 Å². The van der Waals surface area contributed by atoms with Crippen molar-refractivity contribution in [2.24, 2.45) is 0 Å². The molecule has 0 spiro atoms. The Morgan fingerprint density at radius 2 is 1.74 bits per heavy atom. The van der Waals surface area contributed by atoms with Crippen molar-refractivity contribution in [1.29, 1.82) is 0 Å². The van der Waals surface area contributed by atoms with Crippen LogP contribution in [0.5, 0.6) is 0 Å². The van der Waals surface area contributed by atoms with E-state index in [-0.39, 0.29) is 23.9 Å². The number of hydrogen-bond acceptors (Lipinski definition) is 4. The van der Waals surface area contributed by atoms with E-state index in [1.807, 2.05) is 0 Å². The van der Waals surface area contributed by atoms with Crippen LogP contribution in [-0.4, -0.2) is 54.3 Å². The number of nitrogens with zero attached hydrogens (tertiary/aromatic N) is 2. The standard InChI is InChI=1S/C19H26Cl2N2O4/c1-13(25)22(5)12-19(9-10-24,14-7-8-15(20)16(21)11-14)23(6)17(26)27-18(2,3)4/h7-8,10-11H,9,12H2,1-6H3/t19-/m1/s1. The normalized spacial score (nSPS) is 13.5. The lowest BCUT2D eigenvalue weighted by molar-refractivity contribution is -0.130. The fraction of sp³-hybridized carbons (Fsp3) is 0.526. The van der Waals surface area contributed by atoms with Gasteiger partial charge in [-0.2, -0.15) is 0 Å². The van der Waals surface area contributed by atoms with Crippen molar-refractivity contribution < 1.29 is 19.1 Å². The Hall–Kier alpha value is -1.79. The molecule has 0 N–H and O–H groups in total. The number of benzene rings is 1. The first kappa shape index (κ1) is 23.2. The number of hydrogen-bond donors (Lipinski definition) is 0. The number of amides is 2. The first-order valence-corrected chi connectivity index (χ1v) is 9.17. The lowest BCUT2D eigenvalue weighted by atomic mass is 9.85. The Kier molecular flexibility index (Phi) is 7.69. The highest BCUT2D eigenvalue weighted by molar-refractivity contribution is 6.42. The molecule has 0 aliphatic carbocycles. The van der Waals surface area contributed by atoms with Crippen molar-refractivity contribution in [3.63, 3.8) is 0 Å². The second-order valence-electron chi connectivity index (χ2n) is 7.45. The summed E-state index contributed by atoms with van der Waals surface area (Å²) >= 11 is 12.2. The van der Waals surface area contributed by atoms with E-state index < -0.39 is 17.2 Å². The molecule has 0 aliphatic heterocycles. The Morgan fingerprint density at radius 3 is 2.19 bits per heavy atom. The van der Waals surface area contributed by atoms with Crippen molar-refractivity contribution in [3.05, 3.63) is 33.8 Å². The zero-order valence-corrected chi connectivity index (χ0v) is 18.0. The molecule has 2 amide bonds. The van der Waals surface area contributed by atoms with E-state index in [4.69, 9.17) is 27.9 Å². The molecule has 6 nitrogen and oxygen atoms in total. The summed E-state index contributed by atoms with van der Waals surface area (Å²) in [7, 11) is 3.14. The van der Waals surface area contributed by atoms with Crippen LogP contribution in [0.25, 0.3) is 0 Å². The summed E-state index contributed by atoms with van der Waals surface area (Å²) in [6.07, 6.45) is 0.0303. The minimum Gasteiger partial charge on any atom is -0.444 e. The van der Waals surface area contributed by atoms with Crippen molar-refractivity contribution in [2.75, 3.05) is 20.6 Å². The van der Waals surface area contributed by atoms with E-state index in [1.165, 1.54) is 23.8 Å². The molecular formula is C19H26Cl2N2O4. The van der Waals surface area contributed by atoms with Crippen LogP contribution in [0.4, 0.5) is 4.79 Å². The molecule has 0 aliphatic rings. The number of aldehydes is 1. The molecule has 0 bridgehead atoms. The second kappa shape index (κ2) is 8.93. The lowest BCUT2D eigenvalue weighted by Gasteiger charge is -2.43. The Morgan fingerprint density at radius 1 is 1.15 bits per heavy atom. The van der Waals surface area contributed by atoms with Crippen molar-refractivity contribution in [2.45, 2.75) is 45.3 Å². The maximum absolute atomic E-state index is 12.8. The number of carbonyl (C=O) groups is 3. The maximum Gasteiger partial charge on any atom is 0.410 e. The number of carbonyl (C=O) groups excluding carboxylic acids is 3. The summed E-state index contributed by atoms with van der Waals surface area (Å²) in [4.78, 5) is 39.0. The third-order valence-corrected chi connectivity index (χ3v) is 4.96. The average molecular weight is 417 g/mol. The predicted octanol–water partition coefficient (Wildman–Crippen LogP) is 4.12. The molecule has 150 valence electrons. The average Bonchev–Trinajstić information content (AvgIpc) is 2.54. The molecule has 1 aromatic carbocycles. The van der Waals surface area contributed by atoms with Gasteiger partial charge in [-0.3, -0.25) is 9.69 Å². The van der Waals surface area contributed by atoms with Gasteiger partial charge in [-0.1, -0.05) is 29.3 Å². The van der Waals surface area contributed by atoms with Gasteiger partial charge < -0.3 is 14.4 Å². The highest BCUT2D eigenvalue weighted by Gasteiger charge is 2.42. The third kappa shape index (κ3) is 5.84. The molecule has 27 heavy (non-hydrogen) atoms. The number of rotatable bonds is 6. The minimum absolute atomic E-state index is 0.0572. The molecule has 0 aromatic heterocycles. The lowest BCUT2D eigenvalue weighted by Crippen LogP contribution is -2.55. The summed E-state index contributed by atoms with van der Waals surface area (Å²) in [6, 6.07) is 4.88. The van der Waals surface area contributed by atoms with E-state index in [2.05, 4.69) is 0 Å². The van der Waals surface area contributed by atoms with E-state index >= 15 is 0 Å². The molecule has 0 fully saturated rings. The molecule has 0 saturated heterocycles. The van der Waals surface area contributed by atoms with Crippen molar-refractivity contribution in [3.8, 4) is 0 Å². The topological polar surface area (TPSA) is 66.9 Å². The maximum atomic E-state index is 12.8. The molecule has 8 heteroatoms. The number of ether oxygens (including phenoxy) is 1. The zero-order chi connectivity index (χ0) is 21.0.